The molecule has 1 aliphatic rings. The molecule has 0 fully saturated rings. The lowest BCUT2D eigenvalue weighted by atomic mass is 10.1. The van der Waals surface area contributed by atoms with Gasteiger partial charge in [0, 0.05) is 11.6 Å². The van der Waals surface area contributed by atoms with Crippen LogP contribution in [0.4, 0.5) is 11.5 Å². The Morgan fingerprint density at radius 1 is 0.829 bits per heavy atom. The molecule has 0 unspecified atom stereocenters. The number of aromatic nitrogens is 2. The van der Waals surface area contributed by atoms with Gasteiger partial charge in [0.2, 0.25) is 0 Å². The van der Waals surface area contributed by atoms with Crippen molar-refractivity contribution >= 4 is 29.2 Å². The molecule has 1 N–H and O–H groups in total. The largest absolute Gasteiger partial charge is 0.307 e. The van der Waals surface area contributed by atoms with Gasteiger partial charge in [-0.05, 0) is 61.7 Å². The van der Waals surface area contributed by atoms with Gasteiger partial charge in [0.25, 0.3) is 17.7 Å². The highest BCUT2D eigenvalue weighted by molar-refractivity contribution is 6.35. The van der Waals surface area contributed by atoms with E-state index in [0.29, 0.717) is 18.1 Å². The van der Waals surface area contributed by atoms with E-state index >= 15 is 0 Å². The molecule has 3 amide bonds. The molecular formula is C28H24N4O3. The summed E-state index contributed by atoms with van der Waals surface area (Å²) in [5.41, 5.74) is 5.35. The number of hydrogen-bond acceptors (Lipinski definition) is 4. The van der Waals surface area contributed by atoms with Gasteiger partial charge in [0.1, 0.15) is 5.82 Å². The number of nitrogens with zero attached hydrogens (tertiary/aromatic N) is 3. The van der Waals surface area contributed by atoms with Crippen molar-refractivity contribution in [1.29, 1.82) is 0 Å². The van der Waals surface area contributed by atoms with E-state index in [2.05, 4.69) is 10.4 Å². The van der Waals surface area contributed by atoms with Crippen LogP contribution in [0, 0.1) is 20.8 Å². The zero-order valence-electron chi connectivity index (χ0n) is 19.7. The Morgan fingerprint density at radius 3 is 2.31 bits per heavy atom. The van der Waals surface area contributed by atoms with E-state index in [4.69, 9.17) is 0 Å². The van der Waals surface area contributed by atoms with Crippen LogP contribution < -0.4 is 10.2 Å². The number of anilines is 2. The minimum absolute atomic E-state index is 0.219. The molecule has 1 aliphatic heterocycles. The van der Waals surface area contributed by atoms with Gasteiger partial charge in [-0.1, -0.05) is 42.0 Å². The Balaban J connectivity index is 1.38. The highest BCUT2D eigenvalue weighted by Gasteiger charge is 2.37. The second kappa shape index (κ2) is 8.68. The van der Waals surface area contributed by atoms with Gasteiger partial charge in [0.05, 0.1) is 29.6 Å². The standard InChI is InChI=1S/C28H24N4O3/c1-17-5-8-20(9-6-17)16-31-25(12-13-29-31)30-26(33)21-10-11-22-23(15-21)28(35)32(27(22)34)24-14-18(2)4-7-19(24)3/h4-15H,16H2,1-3H3,(H,30,33). The number of amides is 3. The number of aryl methyl sites for hydroxylation is 3. The van der Waals surface area contributed by atoms with E-state index in [1.54, 1.807) is 29.1 Å². The molecule has 5 rings (SSSR count). The molecule has 0 aliphatic carbocycles. The molecule has 0 bridgehead atoms. The lowest BCUT2D eigenvalue weighted by Gasteiger charge is -2.17. The van der Waals surface area contributed by atoms with Crippen molar-refractivity contribution in [3.63, 3.8) is 0 Å². The van der Waals surface area contributed by atoms with Crippen LogP contribution >= 0.6 is 0 Å². The Labute approximate surface area is 203 Å². The SMILES string of the molecule is Cc1ccc(Cn2nccc2NC(=O)c2ccc3c(c2)C(=O)N(c2cc(C)ccc2C)C3=O)cc1. The normalized spacial score (nSPS) is 12.7. The molecule has 0 radical (unpaired) electrons. The molecule has 2 heterocycles. The van der Waals surface area contributed by atoms with Crippen molar-refractivity contribution < 1.29 is 14.4 Å². The zero-order chi connectivity index (χ0) is 24.7. The fourth-order valence-corrected chi connectivity index (χ4v) is 4.18. The highest BCUT2D eigenvalue weighted by Crippen LogP contribution is 2.32. The van der Waals surface area contributed by atoms with Gasteiger partial charge in [-0.2, -0.15) is 5.10 Å². The number of nitrogens with one attached hydrogen (secondary N) is 1. The smallest absolute Gasteiger partial charge is 0.266 e. The predicted octanol–water partition coefficient (Wildman–Crippen LogP) is 4.91. The first-order chi connectivity index (χ1) is 16.8. The van der Waals surface area contributed by atoms with E-state index < -0.39 is 5.91 Å². The summed E-state index contributed by atoms with van der Waals surface area (Å²) in [4.78, 5) is 40.5. The summed E-state index contributed by atoms with van der Waals surface area (Å²) >= 11 is 0. The lowest BCUT2D eigenvalue weighted by molar-refractivity contribution is 0.0925. The molecule has 0 saturated heterocycles. The molecule has 1 aromatic heterocycles. The molecular weight excluding hydrogens is 440 g/mol. The minimum Gasteiger partial charge on any atom is -0.307 e. The summed E-state index contributed by atoms with van der Waals surface area (Å²) in [6.07, 6.45) is 1.62. The number of rotatable bonds is 5. The second-order valence-corrected chi connectivity index (χ2v) is 8.81. The third-order valence-corrected chi connectivity index (χ3v) is 6.17. The zero-order valence-corrected chi connectivity index (χ0v) is 19.7. The van der Waals surface area contributed by atoms with E-state index in [1.165, 1.54) is 16.5 Å². The van der Waals surface area contributed by atoms with E-state index in [1.807, 2.05) is 63.2 Å². The summed E-state index contributed by atoms with van der Waals surface area (Å²) < 4.78 is 1.70. The molecule has 7 heteroatoms. The van der Waals surface area contributed by atoms with Crippen LogP contribution in [-0.4, -0.2) is 27.5 Å². The third kappa shape index (κ3) is 4.12. The molecule has 174 valence electrons. The maximum atomic E-state index is 13.2. The maximum absolute atomic E-state index is 13.2. The average molecular weight is 465 g/mol. The van der Waals surface area contributed by atoms with E-state index in [-0.39, 0.29) is 28.5 Å². The second-order valence-electron chi connectivity index (χ2n) is 8.81. The first-order valence-corrected chi connectivity index (χ1v) is 11.3. The van der Waals surface area contributed by atoms with Gasteiger partial charge in [-0.25, -0.2) is 9.58 Å². The molecule has 4 aromatic rings. The van der Waals surface area contributed by atoms with Crippen LogP contribution in [0.2, 0.25) is 0 Å². The molecule has 7 nitrogen and oxygen atoms in total. The molecule has 3 aromatic carbocycles. The van der Waals surface area contributed by atoms with E-state index in [0.717, 1.165) is 16.7 Å². The third-order valence-electron chi connectivity index (χ3n) is 6.17. The molecule has 0 atom stereocenters. The molecule has 35 heavy (non-hydrogen) atoms. The van der Waals surface area contributed by atoms with Crippen LogP contribution in [0.1, 0.15) is 53.3 Å². The van der Waals surface area contributed by atoms with Crippen molar-refractivity contribution in [1.82, 2.24) is 9.78 Å². The fourth-order valence-electron chi connectivity index (χ4n) is 4.18. The van der Waals surface area contributed by atoms with Gasteiger partial charge in [-0.15, -0.1) is 0 Å². The molecule has 0 saturated carbocycles. The van der Waals surface area contributed by atoms with Crippen LogP contribution in [0.3, 0.4) is 0 Å². The van der Waals surface area contributed by atoms with Crippen molar-refractivity contribution in [2.24, 2.45) is 0 Å². The topological polar surface area (TPSA) is 84.3 Å². The average Bonchev–Trinajstić information content (AvgIpc) is 3.38. The Bertz CT molecular complexity index is 1480. The number of hydrogen-bond donors (Lipinski definition) is 1. The summed E-state index contributed by atoms with van der Waals surface area (Å²) in [6.45, 7) is 6.30. The molecule has 0 spiro atoms. The monoisotopic (exact) mass is 464 g/mol. The number of carbonyl (C=O) groups excluding carboxylic acids is 3. The van der Waals surface area contributed by atoms with Gasteiger partial charge in [-0.3, -0.25) is 14.4 Å². The Hall–Kier alpha value is -4.52. The fraction of sp³-hybridized carbons (Fsp3) is 0.143. The quantitative estimate of drug-likeness (QED) is 0.426. The Kier molecular flexibility index (Phi) is 5.53. The van der Waals surface area contributed by atoms with Gasteiger partial charge in [0.15, 0.2) is 0 Å². The number of fused-ring (bicyclic) bond motifs is 1. The van der Waals surface area contributed by atoms with Crippen molar-refractivity contribution in [2.45, 2.75) is 27.3 Å². The van der Waals surface area contributed by atoms with Crippen LogP contribution in [0.5, 0.6) is 0 Å². The summed E-state index contributed by atoms with van der Waals surface area (Å²) in [6, 6.07) is 20.0. The van der Waals surface area contributed by atoms with Crippen LogP contribution in [0.15, 0.2) is 72.9 Å². The van der Waals surface area contributed by atoms with Crippen LogP contribution in [0.25, 0.3) is 0 Å². The van der Waals surface area contributed by atoms with Crippen molar-refractivity contribution in [2.75, 3.05) is 10.2 Å². The lowest BCUT2D eigenvalue weighted by Crippen LogP contribution is -2.30. The summed E-state index contributed by atoms with van der Waals surface area (Å²) in [5, 5.41) is 7.18. The Morgan fingerprint density at radius 2 is 1.54 bits per heavy atom. The first kappa shape index (κ1) is 22.3. The number of benzene rings is 3. The summed E-state index contributed by atoms with van der Waals surface area (Å²) in [7, 11) is 0. The van der Waals surface area contributed by atoms with Crippen molar-refractivity contribution in [3.05, 3.63) is 112 Å². The first-order valence-electron chi connectivity index (χ1n) is 11.3. The minimum atomic E-state index is -0.433. The summed E-state index contributed by atoms with van der Waals surface area (Å²) in [5.74, 6) is -0.668. The van der Waals surface area contributed by atoms with Crippen molar-refractivity contribution in [3.8, 4) is 0 Å². The van der Waals surface area contributed by atoms with Crippen LogP contribution in [-0.2, 0) is 6.54 Å². The number of carbonyl (C=O) groups is 3. The van der Waals surface area contributed by atoms with Gasteiger partial charge < -0.3 is 5.32 Å². The highest BCUT2D eigenvalue weighted by atomic mass is 16.2. The predicted molar refractivity (Wildman–Crippen MR) is 134 cm³/mol. The maximum Gasteiger partial charge on any atom is 0.266 e. The van der Waals surface area contributed by atoms with E-state index in [9.17, 15) is 14.4 Å². The number of imide groups is 1. The van der Waals surface area contributed by atoms with Gasteiger partial charge >= 0.3 is 0 Å².